The number of rotatable bonds is 6. The standard InChI is InChI=1S/C15H16F2N2O3/c1-2-12-10(7-13(20)21)8-18-14(19-12)9-3-5-11(6-4-9)22-15(16)17/h3-6,10,15H,2,7-8H2,1H3,(H,20,21). The van der Waals surface area contributed by atoms with Gasteiger partial charge in [-0.25, -0.2) is 4.99 Å². The van der Waals surface area contributed by atoms with Crippen molar-refractivity contribution in [2.24, 2.45) is 15.9 Å². The van der Waals surface area contributed by atoms with Gasteiger partial charge in [0.2, 0.25) is 0 Å². The highest BCUT2D eigenvalue weighted by Crippen LogP contribution is 2.20. The topological polar surface area (TPSA) is 71.2 Å². The van der Waals surface area contributed by atoms with E-state index in [0.717, 1.165) is 5.71 Å². The summed E-state index contributed by atoms with van der Waals surface area (Å²) in [7, 11) is 0. The third-order valence-electron chi connectivity index (χ3n) is 3.30. The Bertz CT molecular complexity index is 597. The third-order valence-corrected chi connectivity index (χ3v) is 3.30. The molecule has 0 aromatic heterocycles. The summed E-state index contributed by atoms with van der Waals surface area (Å²) in [5, 5.41) is 8.89. The van der Waals surface area contributed by atoms with Gasteiger partial charge in [0.25, 0.3) is 0 Å². The van der Waals surface area contributed by atoms with Crippen molar-refractivity contribution in [3.05, 3.63) is 29.8 Å². The molecule has 5 nitrogen and oxygen atoms in total. The number of benzene rings is 1. The van der Waals surface area contributed by atoms with E-state index in [1.165, 1.54) is 12.1 Å². The molecule has 0 fully saturated rings. The molecule has 0 spiro atoms. The number of aliphatic carboxylic acids is 1. The molecule has 1 N–H and O–H groups in total. The van der Waals surface area contributed by atoms with Crippen LogP contribution in [0.15, 0.2) is 34.3 Å². The van der Waals surface area contributed by atoms with Crippen LogP contribution in [0.25, 0.3) is 0 Å². The predicted octanol–water partition coefficient (Wildman–Crippen LogP) is 2.99. The normalized spacial score (nSPS) is 17.9. The van der Waals surface area contributed by atoms with Gasteiger partial charge in [0.15, 0.2) is 5.84 Å². The Morgan fingerprint density at radius 3 is 2.64 bits per heavy atom. The van der Waals surface area contributed by atoms with E-state index >= 15 is 0 Å². The highest BCUT2D eigenvalue weighted by molar-refractivity contribution is 6.09. The van der Waals surface area contributed by atoms with Crippen molar-refractivity contribution in [1.82, 2.24) is 0 Å². The molecule has 2 rings (SSSR count). The van der Waals surface area contributed by atoms with Gasteiger partial charge in [-0.2, -0.15) is 8.78 Å². The quantitative estimate of drug-likeness (QED) is 0.878. The van der Waals surface area contributed by atoms with Gasteiger partial charge in [-0.15, -0.1) is 0 Å². The van der Waals surface area contributed by atoms with Crippen molar-refractivity contribution >= 4 is 17.5 Å². The van der Waals surface area contributed by atoms with Crippen molar-refractivity contribution in [3.8, 4) is 5.75 Å². The van der Waals surface area contributed by atoms with E-state index < -0.39 is 12.6 Å². The molecular weight excluding hydrogens is 294 g/mol. The second-order valence-corrected chi connectivity index (χ2v) is 4.82. The van der Waals surface area contributed by atoms with E-state index in [4.69, 9.17) is 5.11 Å². The Hall–Kier alpha value is -2.31. The summed E-state index contributed by atoms with van der Waals surface area (Å²) in [6.45, 7) is -0.584. The summed E-state index contributed by atoms with van der Waals surface area (Å²) in [6.07, 6.45) is 0.647. The van der Waals surface area contributed by atoms with E-state index in [1.54, 1.807) is 12.1 Å². The molecule has 0 radical (unpaired) electrons. The number of carboxylic acid groups (broad SMARTS) is 1. The number of halogens is 2. The van der Waals surface area contributed by atoms with E-state index in [1.807, 2.05) is 6.92 Å². The largest absolute Gasteiger partial charge is 0.481 e. The Labute approximate surface area is 126 Å². The molecule has 1 aromatic carbocycles. The van der Waals surface area contributed by atoms with E-state index in [0.29, 0.717) is 24.4 Å². The first-order valence-electron chi connectivity index (χ1n) is 6.88. The highest BCUT2D eigenvalue weighted by Gasteiger charge is 2.22. The van der Waals surface area contributed by atoms with Gasteiger partial charge in [0, 0.05) is 23.7 Å². The van der Waals surface area contributed by atoms with Crippen molar-refractivity contribution < 1.29 is 23.4 Å². The van der Waals surface area contributed by atoms with Crippen LogP contribution in [0.1, 0.15) is 25.3 Å². The lowest BCUT2D eigenvalue weighted by Crippen LogP contribution is -2.26. The molecule has 1 aliphatic rings. The molecule has 0 saturated heterocycles. The second-order valence-electron chi connectivity index (χ2n) is 4.82. The molecule has 118 valence electrons. The van der Waals surface area contributed by atoms with Crippen LogP contribution >= 0.6 is 0 Å². The fraction of sp³-hybridized carbons (Fsp3) is 0.400. The number of hydrogen-bond donors (Lipinski definition) is 1. The Morgan fingerprint density at radius 1 is 1.41 bits per heavy atom. The smallest absolute Gasteiger partial charge is 0.387 e. The predicted molar refractivity (Wildman–Crippen MR) is 77.9 cm³/mol. The number of nitrogens with zero attached hydrogens (tertiary/aromatic N) is 2. The Balaban J connectivity index is 2.14. The maximum atomic E-state index is 12.1. The second kappa shape index (κ2) is 7.11. The highest BCUT2D eigenvalue weighted by atomic mass is 19.3. The van der Waals surface area contributed by atoms with E-state index in [9.17, 15) is 13.6 Å². The molecular formula is C15H16F2N2O3. The monoisotopic (exact) mass is 310 g/mol. The molecule has 7 heteroatoms. The molecule has 0 bridgehead atoms. The lowest BCUT2D eigenvalue weighted by atomic mass is 9.96. The van der Waals surface area contributed by atoms with Crippen molar-refractivity contribution in [2.75, 3.05) is 6.54 Å². The van der Waals surface area contributed by atoms with Crippen LogP contribution < -0.4 is 4.74 Å². The SMILES string of the molecule is CCC1=NC(c2ccc(OC(F)F)cc2)=NCC1CC(=O)O. The van der Waals surface area contributed by atoms with Crippen molar-refractivity contribution in [1.29, 1.82) is 0 Å². The lowest BCUT2D eigenvalue weighted by Gasteiger charge is -2.20. The molecule has 0 aliphatic carbocycles. The molecule has 0 saturated carbocycles. The number of carboxylic acids is 1. The van der Waals surface area contributed by atoms with Crippen LogP contribution in [0.2, 0.25) is 0 Å². The van der Waals surface area contributed by atoms with Gasteiger partial charge in [0.05, 0.1) is 6.42 Å². The third kappa shape index (κ3) is 4.09. The van der Waals surface area contributed by atoms with Crippen LogP contribution in [-0.2, 0) is 4.79 Å². The first-order valence-corrected chi connectivity index (χ1v) is 6.88. The van der Waals surface area contributed by atoms with E-state index in [-0.39, 0.29) is 18.1 Å². The minimum atomic E-state index is -2.86. The average molecular weight is 310 g/mol. The van der Waals surface area contributed by atoms with Crippen LogP contribution in [0, 0.1) is 5.92 Å². The van der Waals surface area contributed by atoms with Crippen LogP contribution in [0.5, 0.6) is 5.75 Å². The summed E-state index contributed by atoms with van der Waals surface area (Å²) in [6, 6.07) is 6.05. The summed E-state index contributed by atoms with van der Waals surface area (Å²) in [5.41, 5.74) is 1.47. The van der Waals surface area contributed by atoms with Crippen LogP contribution in [0.4, 0.5) is 8.78 Å². The number of amidine groups is 1. The van der Waals surface area contributed by atoms with E-state index in [2.05, 4.69) is 14.7 Å². The Morgan fingerprint density at radius 2 is 2.09 bits per heavy atom. The fourth-order valence-electron chi connectivity index (χ4n) is 2.27. The summed E-state index contributed by atoms with van der Waals surface area (Å²) in [4.78, 5) is 19.5. The summed E-state index contributed by atoms with van der Waals surface area (Å²) in [5.74, 6) is -0.508. The zero-order valence-electron chi connectivity index (χ0n) is 12.0. The zero-order valence-corrected chi connectivity index (χ0v) is 12.0. The van der Waals surface area contributed by atoms with Crippen LogP contribution in [-0.4, -0.2) is 35.8 Å². The van der Waals surface area contributed by atoms with Gasteiger partial charge in [-0.1, -0.05) is 6.92 Å². The molecule has 1 heterocycles. The molecule has 1 aliphatic heterocycles. The minimum Gasteiger partial charge on any atom is -0.481 e. The molecule has 1 unspecified atom stereocenters. The van der Waals surface area contributed by atoms with Gasteiger partial charge in [0.1, 0.15) is 5.75 Å². The zero-order chi connectivity index (χ0) is 16.1. The molecule has 1 atom stereocenters. The molecule has 1 aromatic rings. The van der Waals surface area contributed by atoms with Gasteiger partial charge in [-0.3, -0.25) is 9.79 Å². The first-order chi connectivity index (χ1) is 10.5. The maximum absolute atomic E-state index is 12.1. The summed E-state index contributed by atoms with van der Waals surface area (Å²) < 4.78 is 28.5. The number of ether oxygens (including phenoxy) is 1. The maximum Gasteiger partial charge on any atom is 0.387 e. The minimum absolute atomic E-state index is 0.00458. The lowest BCUT2D eigenvalue weighted by molar-refractivity contribution is -0.137. The first kappa shape index (κ1) is 16.1. The number of carbonyl (C=O) groups is 1. The summed E-state index contributed by atoms with van der Waals surface area (Å²) >= 11 is 0. The Kier molecular flexibility index (Phi) is 5.19. The fourth-order valence-corrected chi connectivity index (χ4v) is 2.27. The van der Waals surface area contributed by atoms with Gasteiger partial charge in [-0.05, 0) is 30.7 Å². The van der Waals surface area contributed by atoms with Crippen molar-refractivity contribution in [2.45, 2.75) is 26.4 Å². The average Bonchev–Trinajstić information content (AvgIpc) is 2.47. The molecule has 22 heavy (non-hydrogen) atoms. The van der Waals surface area contributed by atoms with Crippen LogP contribution in [0.3, 0.4) is 0 Å². The van der Waals surface area contributed by atoms with Gasteiger partial charge >= 0.3 is 12.6 Å². The van der Waals surface area contributed by atoms with Crippen molar-refractivity contribution in [3.63, 3.8) is 0 Å². The number of aliphatic imine (C=N–C) groups is 2. The van der Waals surface area contributed by atoms with Gasteiger partial charge < -0.3 is 9.84 Å². The molecule has 0 amide bonds. The number of alkyl halides is 2. The number of hydrogen-bond acceptors (Lipinski definition) is 4.